The van der Waals surface area contributed by atoms with Crippen LogP contribution in [0.4, 0.5) is 5.95 Å². The van der Waals surface area contributed by atoms with E-state index in [0.29, 0.717) is 23.5 Å². The molecule has 0 aliphatic carbocycles. The van der Waals surface area contributed by atoms with Crippen molar-refractivity contribution in [1.82, 2.24) is 19.7 Å². The molecule has 2 heterocycles. The van der Waals surface area contributed by atoms with E-state index in [4.69, 9.17) is 11.6 Å². The molecule has 2 N–H and O–H groups in total. The molecule has 22 heavy (non-hydrogen) atoms. The Morgan fingerprint density at radius 3 is 3.05 bits per heavy atom. The molecule has 0 aliphatic heterocycles. The minimum Gasteiger partial charge on any atom is -0.352 e. The van der Waals surface area contributed by atoms with Crippen molar-refractivity contribution in [2.45, 2.75) is 11.0 Å². The summed E-state index contributed by atoms with van der Waals surface area (Å²) in [6, 6.07) is 5.88. The molecule has 8 heteroatoms. The van der Waals surface area contributed by atoms with Crippen LogP contribution >= 0.6 is 34.2 Å². The van der Waals surface area contributed by atoms with Gasteiger partial charge in [-0.15, -0.1) is 0 Å². The average molecular weight is 430 g/mol. The Bertz CT molecular complexity index is 889. The third-order valence-corrected chi connectivity index (χ3v) is 4.50. The number of nitrogens with zero attached hydrogens (tertiary/aromatic N) is 3. The van der Waals surface area contributed by atoms with E-state index < -0.39 is 0 Å². The second kappa shape index (κ2) is 6.25. The van der Waals surface area contributed by atoms with Gasteiger partial charge in [0.25, 0.3) is 5.56 Å². The summed E-state index contributed by atoms with van der Waals surface area (Å²) < 4.78 is 2.36. The fourth-order valence-corrected chi connectivity index (χ4v) is 3.24. The summed E-state index contributed by atoms with van der Waals surface area (Å²) in [6.07, 6.45) is 1.58. The van der Waals surface area contributed by atoms with Crippen molar-refractivity contribution in [2.24, 2.45) is 7.05 Å². The minimum atomic E-state index is -0.212. The Hall–Kier alpha value is -1.61. The molecule has 3 rings (SSSR count). The zero-order valence-electron chi connectivity index (χ0n) is 11.7. The van der Waals surface area contributed by atoms with Crippen LogP contribution in [0.15, 0.2) is 29.2 Å². The Morgan fingerprint density at radius 2 is 2.27 bits per heavy atom. The molecule has 1 aromatic carbocycles. The van der Waals surface area contributed by atoms with E-state index in [-0.39, 0.29) is 5.56 Å². The predicted molar refractivity (Wildman–Crippen MR) is 95.6 cm³/mol. The maximum atomic E-state index is 12.0. The highest BCUT2D eigenvalue weighted by Crippen LogP contribution is 2.20. The molecule has 114 valence electrons. The maximum Gasteiger partial charge on any atom is 0.278 e. The number of anilines is 1. The Labute approximate surface area is 145 Å². The van der Waals surface area contributed by atoms with Crippen LogP contribution < -0.4 is 10.9 Å². The van der Waals surface area contributed by atoms with E-state index in [0.717, 1.165) is 20.6 Å². The van der Waals surface area contributed by atoms with Crippen LogP contribution in [-0.2, 0) is 18.0 Å². The van der Waals surface area contributed by atoms with Crippen LogP contribution in [0.25, 0.3) is 11.0 Å². The molecule has 0 amide bonds. The van der Waals surface area contributed by atoms with Crippen molar-refractivity contribution in [3.05, 3.63) is 50.9 Å². The number of rotatable bonds is 4. The summed E-state index contributed by atoms with van der Waals surface area (Å²) in [6.45, 7) is 0.551. The molecule has 0 bridgehead atoms. The number of nitrogens with one attached hydrogen (secondary N) is 2. The van der Waals surface area contributed by atoms with Gasteiger partial charge in [-0.2, -0.15) is 5.10 Å². The molecular weight excluding hydrogens is 417 g/mol. The monoisotopic (exact) mass is 429 g/mol. The number of alkyl halides is 1. The molecular formula is C14H13ClIN5O. The van der Waals surface area contributed by atoms with Crippen molar-refractivity contribution in [3.63, 3.8) is 0 Å². The molecule has 3 aromatic rings. The van der Waals surface area contributed by atoms with E-state index in [1.807, 2.05) is 18.2 Å². The number of aryl methyl sites for hydroxylation is 1. The van der Waals surface area contributed by atoms with Crippen LogP contribution in [0.5, 0.6) is 0 Å². The molecule has 0 unspecified atom stereocenters. The molecule has 0 aliphatic rings. The molecule has 2 aromatic heterocycles. The second-order valence-electron chi connectivity index (χ2n) is 4.83. The normalized spacial score (nSPS) is 11.0. The predicted octanol–water partition coefficient (Wildman–Crippen LogP) is 2.86. The summed E-state index contributed by atoms with van der Waals surface area (Å²) in [4.78, 5) is 19.1. The summed E-state index contributed by atoms with van der Waals surface area (Å²) in [5.74, 6) is 0.427. The molecule has 0 radical (unpaired) electrons. The highest BCUT2D eigenvalue weighted by molar-refractivity contribution is 14.1. The zero-order chi connectivity index (χ0) is 15.7. The number of fused-ring (bicyclic) bond motifs is 1. The highest BCUT2D eigenvalue weighted by Gasteiger charge is 2.08. The largest absolute Gasteiger partial charge is 0.352 e. The van der Waals surface area contributed by atoms with Gasteiger partial charge in [0.1, 0.15) is 5.52 Å². The summed E-state index contributed by atoms with van der Waals surface area (Å²) in [7, 11) is 1.71. The number of benzene rings is 1. The van der Waals surface area contributed by atoms with Crippen molar-refractivity contribution < 1.29 is 0 Å². The molecule has 0 saturated heterocycles. The van der Waals surface area contributed by atoms with E-state index in [9.17, 15) is 4.79 Å². The second-order valence-corrected chi connectivity index (χ2v) is 6.00. The number of halogens is 2. The van der Waals surface area contributed by atoms with Crippen LogP contribution in [0.1, 0.15) is 11.1 Å². The summed E-state index contributed by atoms with van der Waals surface area (Å²) in [5.41, 5.74) is 2.98. The number of aromatic nitrogens is 4. The fourth-order valence-electron chi connectivity index (χ4n) is 2.20. The number of H-pyrrole nitrogens is 1. The van der Waals surface area contributed by atoms with Gasteiger partial charge in [-0.1, -0.05) is 46.3 Å². The SMILES string of the molecule is Cn1ncc2nc(NCc3ccc(Cl)c(CI)c3)[nH]c(=O)c21. The first-order chi connectivity index (χ1) is 10.6. The fraction of sp³-hybridized carbons (Fsp3) is 0.214. The van der Waals surface area contributed by atoms with Crippen LogP contribution in [0.3, 0.4) is 0 Å². The molecule has 0 spiro atoms. The van der Waals surface area contributed by atoms with E-state index in [2.05, 4.69) is 43.0 Å². The number of hydrogen-bond donors (Lipinski definition) is 2. The van der Waals surface area contributed by atoms with Gasteiger partial charge in [0, 0.05) is 23.0 Å². The first-order valence-corrected chi connectivity index (χ1v) is 8.48. The van der Waals surface area contributed by atoms with E-state index in [1.54, 1.807) is 13.2 Å². The van der Waals surface area contributed by atoms with Crippen LogP contribution in [0, 0.1) is 0 Å². The Balaban J connectivity index is 1.83. The van der Waals surface area contributed by atoms with Gasteiger partial charge in [0.05, 0.1) is 6.20 Å². The lowest BCUT2D eigenvalue weighted by Gasteiger charge is -2.08. The lowest BCUT2D eigenvalue weighted by atomic mass is 10.1. The van der Waals surface area contributed by atoms with Crippen molar-refractivity contribution in [2.75, 3.05) is 5.32 Å². The Morgan fingerprint density at radius 1 is 1.45 bits per heavy atom. The number of hydrogen-bond acceptors (Lipinski definition) is 4. The Kier molecular flexibility index (Phi) is 4.34. The molecule has 0 fully saturated rings. The van der Waals surface area contributed by atoms with Gasteiger partial charge in [-0.05, 0) is 17.2 Å². The summed E-state index contributed by atoms with van der Waals surface area (Å²) >= 11 is 8.39. The third kappa shape index (κ3) is 2.95. The standard InChI is InChI=1S/C14H13ClIN5O/c1-21-12-11(7-18-21)19-14(20-13(12)22)17-6-8-2-3-10(15)9(4-8)5-16/h2-4,7H,5-6H2,1H3,(H2,17,19,20,22). The zero-order valence-corrected chi connectivity index (χ0v) is 14.6. The smallest absolute Gasteiger partial charge is 0.278 e. The first-order valence-electron chi connectivity index (χ1n) is 6.57. The van der Waals surface area contributed by atoms with E-state index in [1.165, 1.54) is 4.68 Å². The van der Waals surface area contributed by atoms with Crippen molar-refractivity contribution in [1.29, 1.82) is 0 Å². The van der Waals surface area contributed by atoms with Crippen LogP contribution in [-0.4, -0.2) is 19.7 Å². The average Bonchev–Trinajstić information content (AvgIpc) is 2.88. The van der Waals surface area contributed by atoms with Gasteiger partial charge in [-0.25, -0.2) is 4.98 Å². The lowest BCUT2D eigenvalue weighted by Crippen LogP contribution is -2.15. The third-order valence-electron chi connectivity index (χ3n) is 3.31. The molecule has 0 atom stereocenters. The van der Waals surface area contributed by atoms with Crippen LogP contribution in [0.2, 0.25) is 5.02 Å². The van der Waals surface area contributed by atoms with E-state index >= 15 is 0 Å². The van der Waals surface area contributed by atoms with Gasteiger partial charge < -0.3 is 5.32 Å². The van der Waals surface area contributed by atoms with Gasteiger partial charge in [-0.3, -0.25) is 14.5 Å². The topological polar surface area (TPSA) is 75.6 Å². The lowest BCUT2D eigenvalue weighted by molar-refractivity contribution is 0.792. The van der Waals surface area contributed by atoms with Gasteiger partial charge in [0.15, 0.2) is 5.52 Å². The quantitative estimate of drug-likeness (QED) is 0.494. The van der Waals surface area contributed by atoms with Gasteiger partial charge in [0.2, 0.25) is 5.95 Å². The maximum absolute atomic E-state index is 12.0. The van der Waals surface area contributed by atoms with Crippen molar-refractivity contribution >= 4 is 51.2 Å². The first kappa shape index (κ1) is 15.3. The summed E-state index contributed by atoms with van der Waals surface area (Å²) in [5, 5.41) is 7.93. The molecule has 6 nitrogen and oxygen atoms in total. The highest BCUT2D eigenvalue weighted by atomic mass is 127. The minimum absolute atomic E-state index is 0.212. The molecule has 0 saturated carbocycles. The number of aromatic amines is 1. The van der Waals surface area contributed by atoms with Gasteiger partial charge >= 0.3 is 0 Å². The van der Waals surface area contributed by atoms with Crippen molar-refractivity contribution in [3.8, 4) is 0 Å².